The number of rotatable bonds is 11. The Hall–Kier alpha value is -0.900. The molecule has 0 bridgehead atoms. The monoisotopic (exact) mass is 532 g/mol. The lowest BCUT2D eigenvalue weighted by atomic mass is 10.1. The van der Waals surface area contributed by atoms with Crippen molar-refractivity contribution < 1.29 is 9.47 Å². The summed E-state index contributed by atoms with van der Waals surface area (Å²) in [6.07, 6.45) is 2.72. The third-order valence-electron chi connectivity index (χ3n) is 4.97. The molecule has 1 heterocycles. The van der Waals surface area contributed by atoms with Gasteiger partial charge in [0.1, 0.15) is 0 Å². The summed E-state index contributed by atoms with van der Waals surface area (Å²) < 4.78 is 11.3. The van der Waals surface area contributed by atoms with Crippen molar-refractivity contribution in [2.45, 2.75) is 65.8 Å². The normalized spacial score (nSPS) is 19.9. The van der Waals surface area contributed by atoms with E-state index in [1.165, 1.54) is 11.1 Å². The molecular formula is C23H41IN4O2. The number of halogens is 1. The Labute approximate surface area is 200 Å². The molecule has 0 saturated carbocycles. The summed E-state index contributed by atoms with van der Waals surface area (Å²) in [7, 11) is 0. The molecule has 0 aromatic heterocycles. The topological polar surface area (TPSA) is 58.1 Å². The van der Waals surface area contributed by atoms with Gasteiger partial charge in [0.15, 0.2) is 5.96 Å². The average Bonchev–Trinajstić information content (AvgIpc) is 2.69. The van der Waals surface area contributed by atoms with Crippen molar-refractivity contribution in [3.63, 3.8) is 0 Å². The van der Waals surface area contributed by atoms with Gasteiger partial charge in [0.05, 0.1) is 18.8 Å². The first-order valence-electron chi connectivity index (χ1n) is 11.2. The van der Waals surface area contributed by atoms with E-state index in [0.29, 0.717) is 6.54 Å². The number of ether oxygens (including phenoxy) is 2. The SMILES string of the molecule is CCNC(=NCc1ccccc1CN1CC(C)OC(C)C1)NCCCCOCC.I. The van der Waals surface area contributed by atoms with E-state index in [4.69, 9.17) is 14.5 Å². The second-order valence-corrected chi connectivity index (χ2v) is 7.75. The van der Waals surface area contributed by atoms with E-state index in [1.54, 1.807) is 0 Å². The van der Waals surface area contributed by atoms with Gasteiger partial charge in [0.2, 0.25) is 0 Å². The molecule has 1 saturated heterocycles. The summed E-state index contributed by atoms with van der Waals surface area (Å²) in [5.41, 5.74) is 2.64. The van der Waals surface area contributed by atoms with Crippen molar-refractivity contribution in [3.8, 4) is 0 Å². The molecule has 0 spiro atoms. The van der Waals surface area contributed by atoms with E-state index in [-0.39, 0.29) is 36.2 Å². The Balaban J connectivity index is 0.00000450. The van der Waals surface area contributed by atoms with Gasteiger partial charge in [0, 0.05) is 45.9 Å². The molecule has 1 aromatic carbocycles. The Morgan fingerprint density at radius 2 is 1.80 bits per heavy atom. The van der Waals surface area contributed by atoms with Crippen LogP contribution in [0.15, 0.2) is 29.3 Å². The minimum atomic E-state index is 0. The van der Waals surface area contributed by atoms with Gasteiger partial charge in [-0.25, -0.2) is 4.99 Å². The number of nitrogens with zero attached hydrogens (tertiary/aromatic N) is 2. The lowest BCUT2D eigenvalue weighted by molar-refractivity contribution is -0.0705. The zero-order valence-electron chi connectivity index (χ0n) is 19.2. The fraction of sp³-hybridized carbons (Fsp3) is 0.696. The molecule has 7 heteroatoms. The summed E-state index contributed by atoms with van der Waals surface area (Å²) in [5.74, 6) is 0.882. The van der Waals surface area contributed by atoms with Crippen LogP contribution in [0.2, 0.25) is 0 Å². The Kier molecular flexibility index (Phi) is 14.3. The highest BCUT2D eigenvalue weighted by Gasteiger charge is 2.22. The lowest BCUT2D eigenvalue weighted by Gasteiger charge is -2.35. The highest BCUT2D eigenvalue weighted by atomic mass is 127. The smallest absolute Gasteiger partial charge is 0.191 e. The zero-order chi connectivity index (χ0) is 20.9. The van der Waals surface area contributed by atoms with Crippen LogP contribution in [0.1, 0.15) is 51.7 Å². The molecule has 6 nitrogen and oxygen atoms in total. The van der Waals surface area contributed by atoms with E-state index in [2.05, 4.69) is 60.6 Å². The summed E-state index contributed by atoms with van der Waals surface area (Å²) in [5, 5.41) is 6.78. The molecule has 2 atom stereocenters. The maximum absolute atomic E-state index is 5.87. The van der Waals surface area contributed by atoms with E-state index >= 15 is 0 Å². The first-order valence-corrected chi connectivity index (χ1v) is 11.2. The van der Waals surface area contributed by atoms with E-state index < -0.39 is 0 Å². The minimum Gasteiger partial charge on any atom is -0.382 e. The number of guanidine groups is 1. The quantitative estimate of drug-likeness (QED) is 0.197. The van der Waals surface area contributed by atoms with E-state index in [9.17, 15) is 0 Å². The number of aliphatic imine (C=N–C) groups is 1. The predicted molar refractivity (Wildman–Crippen MR) is 136 cm³/mol. The van der Waals surface area contributed by atoms with Crippen LogP contribution in [0.25, 0.3) is 0 Å². The Morgan fingerprint density at radius 1 is 1.10 bits per heavy atom. The Bertz CT molecular complexity index is 605. The van der Waals surface area contributed by atoms with Gasteiger partial charge >= 0.3 is 0 Å². The van der Waals surface area contributed by atoms with Crippen LogP contribution in [-0.2, 0) is 22.6 Å². The van der Waals surface area contributed by atoms with Crippen LogP contribution in [0, 0.1) is 0 Å². The van der Waals surface area contributed by atoms with E-state index in [1.807, 2.05) is 6.92 Å². The highest BCUT2D eigenvalue weighted by molar-refractivity contribution is 14.0. The standard InChI is InChI=1S/C23H40N4O2.HI/c1-5-24-23(25-13-9-10-14-28-6-2)26-15-21-11-7-8-12-22(21)18-27-16-19(3)29-20(4)17-27;/h7-8,11-12,19-20H,5-6,9-10,13-18H2,1-4H3,(H2,24,25,26);1H. The van der Waals surface area contributed by atoms with Gasteiger partial charge in [-0.05, 0) is 51.7 Å². The van der Waals surface area contributed by atoms with Gasteiger partial charge in [-0.1, -0.05) is 24.3 Å². The molecule has 1 aliphatic heterocycles. The first kappa shape index (κ1) is 27.1. The summed E-state index contributed by atoms with van der Waals surface area (Å²) in [6.45, 7) is 15.4. The first-order chi connectivity index (χ1) is 14.1. The molecule has 1 aromatic rings. The molecule has 2 unspecified atom stereocenters. The van der Waals surface area contributed by atoms with E-state index in [0.717, 1.165) is 64.7 Å². The van der Waals surface area contributed by atoms with Crippen molar-refractivity contribution in [2.75, 3.05) is 39.4 Å². The summed E-state index contributed by atoms with van der Waals surface area (Å²) in [6, 6.07) is 8.65. The molecule has 0 amide bonds. The van der Waals surface area contributed by atoms with Crippen LogP contribution >= 0.6 is 24.0 Å². The maximum Gasteiger partial charge on any atom is 0.191 e. The number of hydrogen-bond donors (Lipinski definition) is 2. The number of benzene rings is 1. The van der Waals surface area contributed by atoms with Gasteiger partial charge in [-0.2, -0.15) is 0 Å². The van der Waals surface area contributed by atoms with Gasteiger partial charge in [-0.3, -0.25) is 4.90 Å². The maximum atomic E-state index is 5.87. The van der Waals surface area contributed by atoms with Gasteiger partial charge < -0.3 is 20.1 Å². The van der Waals surface area contributed by atoms with Crippen LogP contribution in [0.5, 0.6) is 0 Å². The predicted octanol–water partition coefficient (Wildman–Crippen LogP) is 3.79. The largest absolute Gasteiger partial charge is 0.382 e. The molecular weight excluding hydrogens is 491 g/mol. The highest BCUT2D eigenvalue weighted by Crippen LogP contribution is 2.17. The van der Waals surface area contributed by atoms with Crippen molar-refractivity contribution in [2.24, 2.45) is 4.99 Å². The fourth-order valence-electron chi connectivity index (χ4n) is 3.71. The number of hydrogen-bond acceptors (Lipinski definition) is 4. The van der Waals surface area contributed by atoms with Crippen molar-refractivity contribution in [1.82, 2.24) is 15.5 Å². The molecule has 1 aliphatic rings. The average molecular weight is 533 g/mol. The number of unbranched alkanes of at least 4 members (excludes halogenated alkanes) is 1. The van der Waals surface area contributed by atoms with Crippen LogP contribution in [0.4, 0.5) is 0 Å². The van der Waals surface area contributed by atoms with Crippen LogP contribution in [0.3, 0.4) is 0 Å². The molecule has 30 heavy (non-hydrogen) atoms. The second kappa shape index (κ2) is 15.8. The van der Waals surface area contributed by atoms with Gasteiger partial charge in [0.25, 0.3) is 0 Å². The molecule has 1 fully saturated rings. The molecule has 0 radical (unpaired) electrons. The minimum absolute atomic E-state index is 0. The third kappa shape index (κ3) is 10.4. The number of morpholine rings is 1. The molecule has 2 rings (SSSR count). The summed E-state index contributed by atoms with van der Waals surface area (Å²) >= 11 is 0. The summed E-state index contributed by atoms with van der Waals surface area (Å²) in [4.78, 5) is 7.31. The third-order valence-corrected chi connectivity index (χ3v) is 4.97. The van der Waals surface area contributed by atoms with Crippen LogP contribution < -0.4 is 10.6 Å². The van der Waals surface area contributed by atoms with Crippen LogP contribution in [-0.4, -0.2) is 62.5 Å². The molecule has 172 valence electrons. The zero-order valence-corrected chi connectivity index (χ0v) is 21.5. The van der Waals surface area contributed by atoms with Crippen molar-refractivity contribution in [1.29, 1.82) is 0 Å². The molecule has 2 N–H and O–H groups in total. The second-order valence-electron chi connectivity index (χ2n) is 7.75. The van der Waals surface area contributed by atoms with Crippen molar-refractivity contribution >= 4 is 29.9 Å². The fourth-order valence-corrected chi connectivity index (χ4v) is 3.71. The lowest BCUT2D eigenvalue weighted by Crippen LogP contribution is -2.44. The molecule has 0 aliphatic carbocycles. The Morgan fingerprint density at radius 3 is 2.47 bits per heavy atom. The number of nitrogens with one attached hydrogen (secondary N) is 2. The van der Waals surface area contributed by atoms with Gasteiger partial charge in [-0.15, -0.1) is 24.0 Å². The van der Waals surface area contributed by atoms with Crippen molar-refractivity contribution in [3.05, 3.63) is 35.4 Å².